The molecule has 1 amide bonds. The first-order chi connectivity index (χ1) is 15.5. The summed E-state index contributed by atoms with van der Waals surface area (Å²) in [5, 5.41) is 9.39. The molecule has 1 aliphatic rings. The molecule has 3 aromatic rings. The van der Waals surface area contributed by atoms with Crippen LogP contribution in [0.2, 0.25) is 0 Å². The van der Waals surface area contributed by atoms with Crippen LogP contribution in [0.5, 0.6) is 0 Å². The third-order valence-corrected chi connectivity index (χ3v) is 6.37. The van der Waals surface area contributed by atoms with E-state index in [0.717, 1.165) is 30.1 Å². The lowest BCUT2D eigenvalue weighted by molar-refractivity contribution is -0.192. The molecule has 33 heavy (non-hydrogen) atoms. The molecule has 2 aromatic heterocycles. The van der Waals surface area contributed by atoms with Gasteiger partial charge < -0.3 is 14.6 Å². The lowest BCUT2D eigenvalue weighted by atomic mass is 10.2. The van der Waals surface area contributed by atoms with Gasteiger partial charge in [-0.1, -0.05) is 18.2 Å². The number of hydrogen-bond acceptors (Lipinski definition) is 6. The average molecular weight is 503 g/mol. The number of benzene rings is 1. The number of carboxylic acids is 1. The van der Waals surface area contributed by atoms with Crippen LogP contribution in [0.25, 0.3) is 0 Å². The van der Waals surface area contributed by atoms with Gasteiger partial charge in [0.15, 0.2) is 9.81 Å². The summed E-state index contributed by atoms with van der Waals surface area (Å²) in [6.07, 6.45) is -2.41. The molecular weight excluding hydrogens is 484 g/mol. The van der Waals surface area contributed by atoms with Gasteiger partial charge in [-0.15, -0.1) is 22.7 Å². The molecular formula is C20H18F4N4O3S2. The molecule has 0 bridgehead atoms. The van der Waals surface area contributed by atoms with Crippen molar-refractivity contribution in [2.75, 3.05) is 13.6 Å². The van der Waals surface area contributed by atoms with Crippen molar-refractivity contribution in [1.82, 2.24) is 14.5 Å². The number of likely N-dealkylation sites (N-methyl/N-ethyl adjacent to an activating group) is 1. The lowest BCUT2D eigenvalue weighted by Gasteiger charge is -2.20. The summed E-state index contributed by atoms with van der Waals surface area (Å²) in [4.78, 5) is 34.1. The SMILES string of the molecule is CN1CCc2nc(C(=O)N=c3sccn3Cc3ccccc3F)sc2C1.O=C(O)C(F)(F)F. The molecule has 0 unspecified atom stereocenters. The van der Waals surface area contributed by atoms with Crippen LogP contribution in [-0.2, 0) is 24.3 Å². The van der Waals surface area contributed by atoms with Crippen LogP contribution < -0.4 is 4.80 Å². The fraction of sp³-hybridized carbons (Fsp3) is 0.300. The number of rotatable bonds is 3. The smallest absolute Gasteiger partial charge is 0.475 e. The van der Waals surface area contributed by atoms with Gasteiger partial charge in [0.1, 0.15) is 5.82 Å². The Balaban J connectivity index is 0.000000383. The molecule has 7 nitrogen and oxygen atoms in total. The second-order valence-electron chi connectivity index (χ2n) is 7.00. The van der Waals surface area contributed by atoms with Crippen LogP contribution in [0.15, 0.2) is 40.8 Å². The number of nitrogens with zero attached hydrogens (tertiary/aromatic N) is 4. The van der Waals surface area contributed by atoms with Crippen LogP contribution in [0, 0.1) is 5.82 Å². The predicted molar refractivity (Wildman–Crippen MR) is 114 cm³/mol. The van der Waals surface area contributed by atoms with Crippen LogP contribution >= 0.6 is 22.7 Å². The first kappa shape index (κ1) is 24.7. The van der Waals surface area contributed by atoms with E-state index in [1.54, 1.807) is 22.8 Å². The minimum Gasteiger partial charge on any atom is -0.475 e. The zero-order valence-electron chi connectivity index (χ0n) is 17.2. The van der Waals surface area contributed by atoms with Crippen molar-refractivity contribution < 1.29 is 32.3 Å². The maximum Gasteiger partial charge on any atom is 0.490 e. The monoisotopic (exact) mass is 502 g/mol. The first-order valence-corrected chi connectivity index (χ1v) is 11.2. The van der Waals surface area contributed by atoms with Crippen molar-refractivity contribution in [2.45, 2.75) is 25.7 Å². The Labute approximate surface area is 193 Å². The molecule has 4 rings (SSSR count). The van der Waals surface area contributed by atoms with E-state index in [9.17, 15) is 22.4 Å². The number of aliphatic carboxylic acids is 1. The normalized spacial score (nSPS) is 14.4. The number of fused-ring (bicyclic) bond motifs is 1. The number of amides is 1. The summed E-state index contributed by atoms with van der Waals surface area (Å²) in [5.41, 5.74) is 1.57. The Morgan fingerprint density at radius 1 is 1.27 bits per heavy atom. The average Bonchev–Trinajstić information content (AvgIpc) is 3.36. The Morgan fingerprint density at radius 3 is 2.64 bits per heavy atom. The van der Waals surface area contributed by atoms with E-state index in [0.29, 0.717) is 21.9 Å². The second kappa shape index (κ2) is 10.4. The van der Waals surface area contributed by atoms with Crippen molar-refractivity contribution in [3.8, 4) is 0 Å². The molecule has 1 aliphatic heterocycles. The van der Waals surface area contributed by atoms with Crippen LogP contribution in [0.1, 0.15) is 25.9 Å². The topological polar surface area (TPSA) is 87.8 Å². The predicted octanol–water partition coefficient (Wildman–Crippen LogP) is 3.56. The molecule has 0 saturated heterocycles. The van der Waals surface area contributed by atoms with Crippen molar-refractivity contribution >= 4 is 34.6 Å². The van der Waals surface area contributed by atoms with E-state index in [2.05, 4.69) is 21.9 Å². The zero-order chi connectivity index (χ0) is 24.2. The van der Waals surface area contributed by atoms with Crippen LogP contribution in [0.3, 0.4) is 0 Å². The van der Waals surface area contributed by atoms with Gasteiger partial charge in [-0.3, -0.25) is 4.79 Å². The number of halogens is 4. The fourth-order valence-corrected chi connectivity index (χ4v) is 4.67. The van der Waals surface area contributed by atoms with E-state index >= 15 is 0 Å². The summed E-state index contributed by atoms with van der Waals surface area (Å²) >= 11 is 2.78. The molecule has 0 spiro atoms. The molecule has 0 aliphatic carbocycles. The summed E-state index contributed by atoms with van der Waals surface area (Å²) in [6.45, 7) is 2.11. The van der Waals surface area contributed by atoms with Crippen molar-refractivity contribution in [3.63, 3.8) is 0 Å². The van der Waals surface area contributed by atoms with Gasteiger partial charge in [-0.05, 0) is 13.1 Å². The summed E-state index contributed by atoms with van der Waals surface area (Å²) in [5.74, 6) is -3.36. The Hall–Kier alpha value is -2.90. The molecule has 0 radical (unpaired) electrons. The number of hydrogen-bond donors (Lipinski definition) is 1. The van der Waals surface area contributed by atoms with Crippen molar-refractivity contribution in [1.29, 1.82) is 0 Å². The second-order valence-corrected chi connectivity index (χ2v) is 8.96. The number of carbonyl (C=O) groups is 2. The lowest BCUT2D eigenvalue weighted by Crippen LogP contribution is -2.25. The van der Waals surface area contributed by atoms with E-state index in [1.165, 1.54) is 28.7 Å². The first-order valence-electron chi connectivity index (χ1n) is 9.48. The Morgan fingerprint density at radius 2 is 1.97 bits per heavy atom. The molecule has 1 N–H and O–H groups in total. The number of carbonyl (C=O) groups excluding carboxylic acids is 1. The maximum absolute atomic E-state index is 13.9. The van der Waals surface area contributed by atoms with Crippen LogP contribution in [-0.4, -0.2) is 51.2 Å². The molecule has 0 fully saturated rings. The highest BCUT2D eigenvalue weighted by molar-refractivity contribution is 7.13. The molecule has 0 atom stereocenters. The largest absolute Gasteiger partial charge is 0.490 e. The number of carboxylic acid groups (broad SMARTS) is 1. The quantitative estimate of drug-likeness (QED) is 0.554. The molecule has 3 heterocycles. The molecule has 13 heteroatoms. The summed E-state index contributed by atoms with van der Waals surface area (Å²) < 4.78 is 47.4. The number of alkyl halides is 3. The highest BCUT2D eigenvalue weighted by atomic mass is 32.1. The van der Waals surface area contributed by atoms with Crippen molar-refractivity contribution in [3.05, 3.63) is 67.6 Å². The van der Waals surface area contributed by atoms with Gasteiger partial charge in [0.25, 0.3) is 0 Å². The van der Waals surface area contributed by atoms with Crippen molar-refractivity contribution in [2.24, 2.45) is 4.99 Å². The van der Waals surface area contributed by atoms with E-state index < -0.39 is 12.1 Å². The third kappa shape index (κ3) is 6.55. The summed E-state index contributed by atoms with van der Waals surface area (Å²) in [7, 11) is 2.06. The molecule has 1 aromatic carbocycles. The number of thiazole rings is 2. The number of aromatic nitrogens is 2. The Kier molecular flexibility index (Phi) is 7.76. The fourth-order valence-electron chi connectivity index (χ4n) is 2.87. The third-order valence-electron chi connectivity index (χ3n) is 4.50. The Bertz CT molecular complexity index is 1220. The zero-order valence-corrected chi connectivity index (χ0v) is 18.8. The van der Waals surface area contributed by atoms with Gasteiger partial charge in [0, 0.05) is 41.5 Å². The van der Waals surface area contributed by atoms with Gasteiger partial charge in [0.2, 0.25) is 0 Å². The van der Waals surface area contributed by atoms with Gasteiger partial charge in [-0.2, -0.15) is 18.2 Å². The molecule has 0 saturated carbocycles. The highest BCUT2D eigenvalue weighted by Gasteiger charge is 2.38. The molecule has 176 valence electrons. The minimum atomic E-state index is -5.08. The van der Waals surface area contributed by atoms with E-state index in [1.807, 2.05) is 11.6 Å². The van der Waals surface area contributed by atoms with E-state index in [4.69, 9.17) is 9.90 Å². The summed E-state index contributed by atoms with van der Waals surface area (Å²) in [6, 6.07) is 6.62. The highest BCUT2D eigenvalue weighted by Crippen LogP contribution is 2.24. The van der Waals surface area contributed by atoms with Gasteiger partial charge >= 0.3 is 18.1 Å². The maximum atomic E-state index is 13.9. The van der Waals surface area contributed by atoms with Gasteiger partial charge in [0.05, 0.1) is 12.2 Å². The van der Waals surface area contributed by atoms with E-state index in [-0.39, 0.29) is 11.7 Å². The minimum absolute atomic E-state index is 0.264. The standard InChI is InChI=1S/C18H17FN4OS2.C2HF3O2/c1-22-7-6-14-15(11-22)26-17(20-14)16(24)21-18-23(8-9-25-18)10-12-4-2-3-5-13(12)19;3-2(4,5)1(6)7/h2-5,8-9H,6-7,10-11H2,1H3;(H,6,7). The van der Waals surface area contributed by atoms with Gasteiger partial charge in [-0.25, -0.2) is 14.2 Å². The van der Waals surface area contributed by atoms with Crippen LogP contribution in [0.4, 0.5) is 17.6 Å².